The highest BCUT2D eigenvalue weighted by Crippen LogP contribution is 2.85. The van der Waals surface area contributed by atoms with Gasteiger partial charge in [-0.3, -0.25) is 0 Å². The van der Waals surface area contributed by atoms with E-state index >= 15 is 0 Å². The molecule has 0 nitrogen and oxygen atoms in total. The van der Waals surface area contributed by atoms with Crippen LogP contribution in [-0.4, -0.2) is 0 Å². The quantitative estimate of drug-likeness (QED) is 0.0846. The van der Waals surface area contributed by atoms with Gasteiger partial charge in [-0.25, -0.2) is 0 Å². The van der Waals surface area contributed by atoms with Gasteiger partial charge in [-0.15, -0.1) is 0 Å². The maximum atomic E-state index is 2.74. The molecule has 16 rings (SSSR count). The largest absolute Gasteiger partial charge is 0.0654 e. The van der Waals surface area contributed by atoms with E-state index in [1.165, 1.54) is 264 Å². The van der Waals surface area contributed by atoms with Crippen LogP contribution < -0.4 is 0 Å². The third-order valence-corrected chi connectivity index (χ3v) is 27.3. The molecule has 476 valence electrons. The van der Waals surface area contributed by atoms with Crippen molar-refractivity contribution in [3.8, 4) is 66.8 Å². The maximum absolute atomic E-state index is 2.74. The summed E-state index contributed by atoms with van der Waals surface area (Å²) in [4.78, 5) is 0. The standard InChI is InChI=1S/C53H68.C39H40/c1-9-11-13-15-17-19-43-31-52-33-51(43)34-53(52,32-44(51)20-18-16-14-12-10-2)48-30-42(50-39(7)27-36(4)28-40(50)8)22-24-46(48)45-23-21-41(29-47(45)52)49-37(5)25-35(3)26-38(49)6;1-23-15-25(3)35(26(4)16-23)29-7-9-31-32-10-8-30(36-27(5)17-24(2)18-28(36)6)20-34(32)39-14-12-37(22-39)11-13-38(39,21-37)33(31)19-29/h21-30,43-44H,9-20,31-34H2,1-8H3;7-10,15-20H,11-14,21-22H2,1-6H3. The van der Waals surface area contributed by atoms with Crippen molar-refractivity contribution in [1.82, 2.24) is 0 Å². The summed E-state index contributed by atoms with van der Waals surface area (Å²) in [7, 11) is 0. The lowest BCUT2D eigenvalue weighted by atomic mass is 9.50. The highest BCUT2D eigenvalue weighted by molar-refractivity contribution is 5.89. The van der Waals surface area contributed by atoms with Crippen LogP contribution in [0, 0.1) is 106 Å². The van der Waals surface area contributed by atoms with Crippen molar-refractivity contribution in [2.75, 3.05) is 0 Å². The zero-order valence-corrected chi connectivity index (χ0v) is 59.3. The summed E-state index contributed by atoms with van der Waals surface area (Å²) < 4.78 is 0. The van der Waals surface area contributed by atoms with Crippen LogP contribution in [0.2, 0.25) is 0 Å². The van der Waals surface area contributed by atoms with Crippen LogP contribution in [0.5, 0.6) is 0 Å². The van der Waals surface area contributed by atoms with Crippen molar-refractivity contribution in [2.24, 2.45) is 22.7 Å². The van der Waals surface area contributed by atoms with Gasteiger partial charge < -0.3 is 0 Å². The van der Waals surface area contributed by atoms with Crippen LogP contribution in [-0.2, 0) is 21.7 Å². The Morgan fingerprint density at radius 3 is 0.848 bits per heavy atom. The van der Waals surface area contributed by atoms with Crippen LogP contribution >= 0.6 is 0 Å². The number of fused-ring (bicyclic) bond motifs is 6. The number of hydrogen-bond acceptors (Lipinski definition) is 0. The molecule has 92 heavy (non-hydrogen) atoms. The first-order chi connectivity index (χ1) is 44.2. The Kier molecular flexibility index (Phi) is 15.3. The first kappa shape index (κ1) is 61.9. The molecule has 0 heterocycles. The summed E-state index contributed by atoms with van der Waals surface area (Å²) in [5.41, 5.74) is 43.3. The van der Waals surface area contributed by atoms with Crippen LogP contribution in [0.4, 0.5) is 0 Å². The highest BCUT2D eigenvalue weighted by atomic mass is 14.8. The zero-order valence-electron chi connectivity index (χ0n) is 59.3. The van der Waals surface area contributed by atoms with Gasteiger partial charge in [0.1, 0.15) is 0 Å². The van der Waals surface area contributed by atoms with Crippen molar-refractivity contribution in [2.45, 2.75) is 260 Å². The molecule has 8 aliphatic rings. The molecule has 0 heteroatoms. The Morgan fingerprint density at radius 2 is 0.565 bits per heavy atom. The lowest BCUT2D eigenvalue weighted by Gasteiger charge is -2.53. The first-order valence-corrected chi connectivity index (χ1v) is 37.1. The minimum atomic E-state index is 0.237. The summed E-state index contributed by atoms with van der Waals surface area (Å²) in [5.74, 6) is 1.73. The molecule has 0 N–H and O–H groups in total. The lowest BCUT2D eigenvalue weighted by molar-refractivity contribution is 0.115. The molecule has 0 aromatic heterocycles. The molecule has 0 aliphatic heterocycles. The van der Waals surface area contributed by atoms with Gasteiger partial charge in [0, 0.05) is 21.7 Å². The average molecular weight is 1210 g/mol. The number of aryl methyl sites for hydroxylation is 12. The summed E-state index contributed by atoms with van der Waals surface area (Å²) in [6, 6.07) is 49.7. The van der Waals surface area contributed by atoms with E-state index in [-0.39, 0.29) is 10.8 Å². The Hall–Kier alpha value is -6.24. The molecular formula is C92H108. The van der Waals surface area contributed by atoms with Gasteiger partial charge in [0.05, 0.1) is 0 Å². The van der Waals surface area contributed by atoms with E-state index in [4.69, 9.17) is 0 Å². The van der Waals surface area contributed by atoms with E-state index in [0.717, 1.165) is 11.8 Å². The highest BCUT2D eigenvalue weighted by Gasteiger charge is 2.79. The molecule has 6 saturated carbocycles. The van der Waals surface area contributed by atoms with E-state index in [1.807, 2.05) is 0 Å². The fraction of sp³-hybridized carbons (Fsp3) is 0.478. The molecule has 0 saturated heterocycles. The second-order valence-electron chi connectivity index (χ2n) is 33.1. The van der Waals surface area contributed by atoms with Gasteiger partial charge >= 0.3 is 0 Å². The second kappa shape index (κ2) is 22.7. The monoisotopic (exact) mass is 1210 g/mol. The van der Waals surface area contributed by atoms with E-state index in [1.54, 1.807) is 33.4 Å². The normalized spacial score (nSPS) is 26.7. The Morgan fingerprint density at radius 1 is 0.293 bits per heavy atom. The molecule has 8 aliphatic carbocycles. The molecule has 6 bridgehead atoms. The molecule has 6 spiro atoms. The van der Waals surface area contributed by atoms with Gasteiger partial charge in [-0.1, -0.05) is 197 Å². The average Bonchev–Trinajstić information content (AvgIpc) is 1.47. The Balaban J connectivity index is 0.000000159. The van der Waals surface area contributed by atoms with E-state index in [9.17, 15) is 0 Å². The van der Waals surface area contributed by atoms with E-state index < -0.39 is 0 Å². The van der Waals surface area contributed by atoms with Crippen molar-refractivity contribution < 1.29 is 0 Å². The van der Waals surface area contributed by atoms with Gasteiger partial charge in [0.15, 0.2) is 0 Å². The first-order valence-electron chi connectivity index (χ1n) is 37.1. The van der Waals surface area contributed by atoms with Gasteiger partial charge in [0.2, 0.25) is 0 Å². The molecule has 0 radical (unpaired) electrons. The van der Waals surface area contributed by atoms with Crippen molar-refractivity contribution in [3.63, 3.8) is 0 Å². The fourth-order valence-corrected chi connectivity index (χ4v) is 24.5. The predicted molar refractivity (Wildman–Crippen MR) is 394 cm³/mol. The molecule has 0 amide bonds. The van der Waals surface area contributed by atoms with E-state index in [2.05, 4.69) is 218 Å². The molecule has 6 fully saturated rings. The molecule has 6 unspecified atom stereocenters. The van der Waals surface area contributed by atoms with Gasteiger partial charge in [-0.2, -0.15) is 0 Å². The molecule has 6 atom stereocenters. The van der Waals surface area contributed by atoms with Gasteiger partial charge in [-0.05, 0) is 341 Å². The number of rotatable bonds is 16. The van der Waals surface area contributed by atoms with Crippen molar-refractivity contribution >= 4 is 0 Å². The van der Waals surface area contributed by atoms with Crippen molar-refractivity contribution in [3.05, 3.63) is 210 Å². The molecule has 8 aromatic carbocycles. The lowest BCUT2D eigenvalue weighted by Crippen LogP contribution is -2.48. The maximum Gasteiger partial charge on any atom is 0.00650 e. The molecule has 8 aromatic rings. The third-order valence-electron chi connectivity index (χ3n) is 27.3. The van der Waals surface area contributed by atoms with Crippen LogP contribution in [0.15, 0.2) is 121 Å². The summed E-state index contributed by atoms with van der Waals surface area (Å²) in [6.45, 7) is 32.2. The number of benzene rings is 8. The summed E-state index contributed by atoms with van der Waals surface area (Å²) >= 11 is 0. The topological polar surface area (TPSA) is 0 Å². The second-order valence-corrected chi connectivity index (χ2v) is 33.1. The minimum Gasteiger partial charge on any atom is -0.0654 e. The predicted octanol–water partition coefficient (Wildman–Crippen LogP) is 26.0. The van der Waals surface area contributed by atoms with Crippen molar-refractivity contribution in [1.29, 1.82) is 0 Å². The van der Waals surface area contributed by atoms with Gasteiger partial charge in [0.25, 0.3) is 0 Å². The van der Waals surface area contributed by atoms with Crippen LogP contribution in [0.25, 0.3) is 66.8 Å². The van der Waals surface area contributed by atoms with E-state index in [0.29, 0.717) is 21.7 Å². The van der Waals surface area contributed by atoms with Crippen LogP contribution in [0.1, 0.15) is 244 Å². The minimum absolute atomic E-state index is 0.237. The zero-order chi connectivity index (χ0) is 64.0. The Bertz CT molecular complexity index is 3920. The summed E-state index contributed by atoms with van der Waals surface area (Å²) in [5, 5.41) is 0. The summed E-state index contributed by atoms with van der Waals surface area (Å²) in [6.07, 6.45) is 30.9. The fourth-order valence-electron chi connectivity index (χ4n) is 24.5. The van der Waals surface area contributed by atoms with Crippen LogP contribution in [0.3, 0.4) is 0 Å². The third kappa shape index (κ3) is 9.20. The number of hydrogen-bond donors (Lipinski definition) is 0. The Labute approximate surface area is 556 Å². The SMILES string of the molecule is CCCCCCCC1CC23CC14CC2(CC4CCCCCCC)c1cc(-c2c(C)cc(C)cc2C)ccc1-c1ccc(-c2c(C)cc(C)cc2C)cc13.Cc1cc(C)c(-c2ccc3c(c2)C24CCC5(CCC2(C5)c2cc(-c5c(C)cc(C)cc5C)ccc2-3)C4)c(C)c1. The smallest absolute Gasteiger partial charge is 0.00650 e. The molecular weight excluding hydrogens is 1110 g/mol. The number of unbranched alkanes of at least 4 members (excludes halogenated alkanes) is 8.